The number of carbonyl (C=O) groups is 2. The molecule has 1 fully saturated rings. The normalized spacial score (nSPS) is 16.2. The average molecular weight is 469 g/mol. The van der Waals surface area contributed by atoms with E-state index < -0.39 is 12.1 Å². The Hall–Kier alpha value is -3.17. The third kappa shape index (κ3) is 5.26. The lowest BCUT2D eigenvalue weighted by molar-refractivity contribution is -0.150. The number of fused-ring (bicyclic) bond motifs is 1. The van der Waals surface area contributed by atoms with Gasteiger partial charge in [-0.15, -0.1) is 11.3 Å². The minimum atomic E-state index is -0.941. The Labute approximate surface area is 196 Å². The number of nitrogens with one attached hydrogen (secondary N) is 1. The predicted octanol–water partition coefficient (Wildman–Crippen LogP) is 3.09. The van der Waals surface area contributed by atoms with Gasteiger partial charge in [0.15, 0.2) is 6.10 Å². The van der Waals surface area contributed by atoms with E-state index in [2.05, 4.69) is 17.2 Å². The summed E-state index contributed by atoms with van der Waals surface area (Å²) >= 11 is 1.33. The van der Waals surface area contributed by atoms with E-state index in [9.17, 15) is 9.59 Å². The molecule has 8 nitrogen and oxygen atoms in total. The van der Waals surface area contributed by atoms with Crippen LogP contribution in [0.5, 0.6) is 0 Å². The molecular formula is C24H28N4O4S. The summed E-state index contributed by atoms with van der Waals surface area (Å²) in [6.45, 7) is 3.97. The fourth-order valence-corrected chi connectivity index (χ4v) is 4.94. The summed E-state index contributed by atoms with van der Waals surface area (Å²) in [5.74, 6) is -1.12. The maximum Gasteiger partial charge on any atom is 0.334 e. The lowest BCUT2D eigenvalue weighted by Crippen LogP contribution is -2.46. The van der Waals surface area contributed by atoms with Gasteiger partial charge in [-0.1, -0.05) is 25.5 Å². The molecule has 1 aliphatic heterocycles. The smallest absolute Gasteiger partial charge is 0.334 e. The van der Waals surface area contributed by atoms with Gasteiger partial charge in [-0.05, 0) is 42.7 Å². The molecule has 1 atom stereocenters. The van der Waals surface area contributed by atoms with Crippen LogP contribution in [0.25, 0.3) is 10.2 Å². The van der Waals surface area contributed by atoms with Crippen molar-refractivity contribution in [1.82, 2.24) is 10.3 Å². The fraction of sp³-hybridized carbons (Fsp3) is 0.375. The molecule has 1 unspecified atom stereocenters. The van der Waals surface area contributed by atoms with Gasteiger partial charge in [0.1, 0.15) is 9.71 Å². The highest BCUT2D eigenvalue weighted by molar-refractivity contribution is 7.21. The summed E-state index contributed by atoms with van der Waals surface area (Å²) < 4.78 is 5.28. The van der Waals surface area contributed by atoms with Crippen LogP contribution in [0.1, 0.15) is 34.3 Å². The summed E-state index contributed by atoms with van der Waals surface area (Å²) in [5, 5.41) is 13.0. The van der Waals surface area contributed by atoms with Crippen molar-refractivity contribution in [3.05, 3.63) is 52.5 Å². The molecule has 1 amide bonds. The van der Waals surface area contributed by atoms with E-state index in [1.165, 1.54) is 11.3 Å². The monoisotopic (exact) mass is 468 g/mol. The molecule has 4 N–H and O–H groups in total. The highest BCUT2D eigenvalue weighted by atomic mass is 32.1. The number of morpholine rings is 1. The number of amides is 1. The van der Waals surface area contributed by atoms with Gasteiger partial charge < -0.3 is 25.8 Å². The summed E-state index contributed by atoms with van der Waals surface area (Å²) in [6, 6.07) is 11.9. The number of carboxylic acids is 1. The van der Waals surface area contributed by atoms with Crippen molar-refractivity contribution in [3.8, 4) is 0 Å². The number of anilines is 2. The van der Waals surface area contributed by atoms with Crippen LogP contribution in [0, 0.1) is 0 Å². The fourth-order valence-electron chi connectivity index (χ4n) is 3.91. The first kappa shape index (κ1) is 23.0. The number of rotatable bonds is 8. The van der Waals surface area contributed by atoms with Gasteiger partial charge in [0.05, 0.1) is 18.8 Å². The molecule has 1 aliphatic rings. The molecule has 4 rings (SSSR count). The zero-order valence-electron chi connectivity index (χ0n) is 18.5. The quantitative estimate of drug-likeness (QED) is 0.465. The molecule has 0 bridgehead atoms. The summed E-state index contributed by atoms with van der Waals surface area (Å²) in [6.07, 6.45) is 1.79. The zero-order valence-corrected chi connectivity index (χ0v) is 19.4. The maximum absolute atomic E-state index is 12.7. The maximum atomic E-state index is 12.7. The number of aliphatic carboxylic acids is 1. The van der Waals surface area contributed by atoms with E-state index in [0.717, 1.165) is 40.0 Å². The van der Waals surface area contributed by atoms with E-state index in [1.807, 2.05) is 41.3 Å². The molecule has 1 saturated heterocycles. The minimum absolute atomic E-state index is 0.183. The van der Waals surface area contributed by atoms with E-state index in [4.69, 9.17) is 15.6 Å². The first-order valence-corrected chi connectivity index (χ1v) is 11.9. The Balaban J connectivity index is 1.33. The molecule has 9 heteroatoms. The molecule has 0 aliphatic carbocycles. The number of hydrogen-bond acceptors (Lipinski definition) is 7. The summed E-state index contributed by atoms with van der Waals surface area (Å²) in [5.41, 5.74) is 9.76. The molecule has 3 heterocycles. The van der Waals surface area contributed by atoms with Gasteiger partial charge in [0.25, 0.3) is 5.91 Å². The highest BCUT2D eigenvalue weighted by Gasteiger charge is 2.26. The van der Waals surface area contributed by atoms with Crippen LogP contribution >= 0.6 is 11.3 Å². The van der Waals surface area contributed by atoms with Crippen molar-refractivity contribution in [1.29, 1.82) is 0 Å². The number of carbonyl (C=O) groups excluding carboxylic acids is 1. The molecule has 0 radical (unpaired) electrons. The standard InChI is InChI=1S/C24H28N4O4S/c1-2-3-16-6-9-18-20(25)21(33-23(18)27-16)22(29)26-11-10-15-4-7-17(8-5-15)28-12-13-32-19(14-28)24(30)31/h4-9,19H,2-3,10-14,25H2,1H3,(H,26,29)(H,30,31). The first-order valence-electron chi connectivity index (χ1n) is 11.1. The number of aryl methyl sites for hydroxylation is 1. The van der Waals surface area contributed by atoms with Crippen molar-refractivity contribution in [2.45, 2.75) is 32.3 Å². The number of thiophene rings is 1. The van der Waals surface area contributed by atoms with Crippen LogP contribution in [-0.2, 0) is 22.4 Å². The number of nitrogens with two attached hydrogens (primary N) is 1. The van der Waals surface area contributed by atoms with Crippen LogP contribution in [0.3, 0.4) is 0 Å². The van der Waals surface area contributed by atoms with Gasteiger partial charge in [0.2, 0.25) is 0 Å². The Morgan fingerprint density at radius 2 is 2.03 bits per heavy atom. The van der Waals surface area contributed by atoms with Crippen LogP contribution in [0.15, 0.2) is 36.4 Å². The van der Waals surface area contributed by atoms with Gasteiger partial charge in [-0.25, -0.2) is 9.78 Å². The van der Waals surface area contributed by atoms with Crippen molar-refractivity contribution in [2.75, 3.05) is 36.9 Å². The van der Waals surface area contributed by atoms with Gasteiger partial charge >= 0.3 is 5.97 Å². The van der Waals surface area contributed by atoms with Crippen LogP contribution in [0.4, 0.5) is 11.4 Å². The Kier molecular flexibility index (Phi) is 7.10. The Bertz CT molecular complexity index is 1150. The van der Waals surface area contributed by atoms with E-state index in [-0.39, 0.29) is 5.91 Å². The summed E-state index contributed by atoms with van der Waals surface area (Å²) in [7, 11) is 0. The van der Waals surface area contributed by atoms with Crippen molar-refractivity contribution >= 4 is 44.8 Å². The van der Waals surface area contributed by atoms with Crippen molar-refractivity contribution in [2.24, 2.45) is 0 Å². The second kappa shape index (κ2) is 10.2. The third-order valence-electron chi connectivity index (χ3n) is 5.71. The lowest BCUT2D eigenvalue weighted by atomic mass is 10.1. The minimum Gasteiger partial charge on any atom is -0.479 e. The number of benzene rings is 1. The lowest BCUT2D eigenvalue weighted by Gasteiger charge is -2.32. The zero-order chi connectivity index (χ0) is 23.4. The van der Waals surface area contributed by atoms with Crippen LogP contribution < -0.4 is 16.0 Å². The topological polar surface area (TPSA) is 118 Å². The summed E-state index contributed by atoms with van der Waals surface area (Å²) in [4.78, 5) is 31.8. The second-order valence-corrected chi connectivity index (χ2v) is 9.07. The Morgan fingerprint density at radius 3 is 2.76 bits per heavy atom. The highest BCUT2D eigenvalue weighted by Crippen LogP contribution is 2.32. The van der Waals surface area contributed by atoms with E-state index >= 15 is 0 Å². The number of ether oxygens (including phenoxy) is 1. The molecule has 2 aromatic heterocycles. The number of hydrogen-bond donors (Lipinski definition) is 3. The molecule has 174 valence electrons. The van der Waals surface area contributed by atoms with Crippen LogP contribution in [-0.4, -0.2) is 54.3 Å². The number of pyridine rings is 1. The molecule has 0 spiro atoms. The van der Waals surface area contributed by atoms with E-state index in [0.29, 0.717) is 43.2 Å². The number of nitrogen functional groups attached to an aromatic ring is 1. The largest absolute Gasteiger partial charge is 0.479 e. The number of nitrogens with zero attached hydrogens (tertiary/aromatic N) is 2. The van der Waals surface area contributed by atoms with Gasteiger partial charge in [-0.3, -0.25) is 4.79 Å². The number of aromatic nitrogens is 1. The number of carboxylic acid groups (broad SMARTS) is 1. The molecular weight excluding hydrogens is 440 g/mol. The molecule has 3 aromatic rings. The molecule has 0 saturated carbocycles. The third-order valence-corrected chi connectivity index (χ3v) is 6.82. The van der Waals surface area contributed by atoms with Crippen molar-refractivity contribution in [3.63, 3.8) is 0 Å². The average Bonchev–Trinajstić information content (AvgIpc) is 3.15. The second-order valence-electron chi connectivity index (χ2n) is 8.07. The SMILES string of the molecule is CCCc1ccc2c(N)c(C(=O)NCCc3ccc(N4CCOC(C(=O)O)C4)cc3)sc2n1. The predicted molar refractivity (Wildman–Crippen MR) is 130 cm³/mol. The molecule has 33 heavy (non-hydrogen) atoms. The van der Waals surface area contributed by atoms with Gasteiger partial charge in [-0.2, -0.15) is 0 Å². The van der Waals surface area contributed by atoms with Gasteiger partial charge in [0, 0.05) is 29.9 Å². The van der Waals surface area contributed by atoms with Crippen molar-refractivity contribution < 1.29 is 19.4 Å². The van der Waals surface area contributed by atoms with E-state index in [1.54, 1.807) is 0 Å². The molecule has 1 aromatic carbocycles. The van der Waals surface area contributed by atoms with Crippen LogP contribution in [0.2, 0.25) is 0 Å². The Morgan fingerprint density at radius 1 is 1.24 bits per heavy atom. The first-order chi connectivity index (χ1) is 16.0.